The van der Waals surface area contributed by atoms with Crippen LogP contribution in [0.5, 0.6) is 0 Å². The summed E-state index contributed by atoms with van der Waals surface area (Å²) in [6.45, 7) is 3.60. The molecule has 0 aliphatic heterocycles. The molecule has 0 heterocycles. The average molecular weight is 311 g/mol. The number of carboxylic acids is 1. The second-order valence-corrected chi connectivity index (χ2v) is 5.17. The van der Waals surface area contributed by atoms with Crippen molar-refractivity contribution in [2.75, 3.05) is 5.32 Å². The Hall–Kier alpha value is -1.54. The highest BCUT2D eigenvalue weighted by atomic mass is 79.9. The zero-order chi connectivity index (χ0) is 13.8. The monoisotopic (exact) mass is 310 g/mol. The molecule has 0 amide bonds. The minimum atomic E-state index is -1.01. The molecule has 0 saturated carbocycles. The maximum absolute atomic E-state index is 11.3. The number of hydrogen-bond acceptors (Lipinski definition) is 3. The van der Waals surface area contributed by atoms with Gasteiger partial charge in [-0.1, -0.05) is 13.3 Å². The van der Waals surface area contributed by atoms with Crippen LogP contribution >= 0.6 is 15.9 Å². The topological polar surface area (TPSA) is 73.1 Å². The fourth-order valence-corrected chi connectivity index (χ4v) is 2.18. The van der Waals surface area contributed by atoms with Crippen LogP contribution in [-0.4, -0.2) is 16.6 Å². The van der Waals surface area contributed by atoms with E-state index in [2.05, 4.69) is 21.2 Å². The van der Waals surface area contributed by atoms with Crippen molar-refractivity contribution in [2.45, 2.75) is 32.2 Å². The molecule has 2 N–H and O–H groups in total. The van der Waals surface area contributed by atoms with E-state index in [0.29, 0.717) is 22.1 Å². The zero-order valence-corrected chi connectivity index (χ0v) is 11.9. The molecule has 1 rings (SSSR count). The van der Waals surface area contributed by atoms with E-state index in [0.717, 1.165) is 6.42 Å². The predicted octanol–water partition coefficient (Wildman–Crippen LogP) is 3.38. The minimum Gasteiger partial charge on any atom is -0.480 e. The first-order chi connectivity index (χ1) is 8.42. The second-order valence-electron chi connectivity index (χ2n) is 4.32. The van der Waals surface area contributed by atoms with E-state index in [4.69, 9.17) is 5.26 Å². The molecular weight excluding hydrogens is 296 g/mol. The van der Waals surface area contributed by atoms with Gasteiger partial charge in [-0.2, -0.15) is 5.26 Å². The molecule has 5 heteroatoms. The summed E-state index contributed by atoms with van der Waals surface area (Å²) in [5, 5.41) is 21.1. The van der Waals surface area contributed by atoms with Crippen LogP contribution in [0.15, 0.2) is 22.7 Å². The number of hydrogen-bond donors (Lipinski definition) is 2. The Morgan fingerprint density at radius 3 is 2.72 bits per heavy atom. The van der Waals surface area contributed by atoms with Crippen molar-refractivity contribution in [3.63, 3.8) is 0 Å². The number of nitrogens with one attached hydrogen (secondary N) is 1. The lowest BCUT2D eigenvalue weighted by Crippen LogP contribution is -2.43. The van der Waals surface area contributed by atoms with Gasteiger partial charge in [0.25, 0.3) is 0 Å². The first-order valence-electron chi connectivity index (χ1n) is 5.64. The molecule has 1 unspecified atom stereocenters. The van der Waals surface area contributed by atoms with Crippen molar-refractivity contribution in [1.29, 1.82) is 5.26 Å². The fourth-order valence-electron chi connectivity index (χ4n) is 1.71. The van der Waals surface area contributed by atoms with Gasteiger partial charge in [-0.3, -0.25) is 0 Å². The number of aliphatic carboxylic acids is 1. The summed E-state index contributed by atoms with van der Waals surface area (Å²) in [6, 6.07) is 7.06. The maximum Gasteiger partial charge on any atom is 0.329 e. The normalized spacial score (nSPS) is 13.4. The summed E-state index contributed by atoms with van der Waals surface area (Å²) in [5.41, 5.74) is 0.193. The number of carbonyl (C=O) groups is 1. The molecular formula is C13H15BrN2O2. The van der Waals surface area contributed by atoms with Crippen LogP contribution in [0, 0.1) is 11.3 Å². The van der Waals surface area contributed by atoms with Crippen molar-refractivity contribution in [3.8, 4) is 6.07 Å². The van der Waals surface area contributed by atoms with Crippen LogP contribution in [0.1, 0.15) is 32.3 Å². The molecule has 4 nitrogen and oxygen atoms in total. The van der Waals surface area contributed by atoms with Crippen LogP contribution in [-0.2, 0) is 4.79 Å². The second kappa shape index (κ2) is 5.87. The van der Waals surface area contributed by atoms with Crippen LogP contribution < -0.4 is 5.32 Å². The predicted molar refractivity (Wildman–Crippen MR) is 73.4 cm³/mol. The van der Waals surface area contributed by atoms with E-state index in [1.165, 1.54) is 0 Å². The fraction of sp³-hybridized carbons (Fsp3) is 0.385. The summed E-state index contributed by atoms with van der Waals surface area (Å²) in [4.78, 5) is 11.3. The molecule has 1 aromatic carbocycles. The average Bonchev–Trinajstić information content (AvgIpc) is 2.32. The minimum absolute atomic E-state index is 0.523. The van der Waals surface area contributed by atoms with E-state index < -0.39 is 11.5 Å². The third-order valence-corrected chi connectivity index (χ3v) is 3.39. The molecule has 96 valence electrons. The Labute approximate surface area is 115 Å². The van der Waals surface area contributed by atoms with Crippen LogP contribution in [0.3, 0.4) is 0 Å². The highest BCUT2D eigenvalue weighted by Gasteiger charge is 2.32. The Morgan fingerprint density at radius 1 is 1.61 bits per heavy atom. The maximum atomic E-state index is 11.3. The molecule has 1 atom stereocenters. The van der Waals surface area contributed by atoms with Crippen molar-refractivity contribution in [1.82, 2.24) is 0 Å². The van der Waals surface area contributed by atoms with Gasteiger partial charge in [0.1, 0.15) is 5.54 Å². The van der Waals surface area contributed by atoms with Gasteiger partial charge in [-0.15, -0.1) is 0 Å². The zero-order valence-electron chi connectivity index (χ0n) is 10.3. The lowest BCUT2D eigenvalue weighted by Gasteiger charge is -2.27. The molecule has 0 fully saturated rings. The van der Waals surface area contributed by atoms with Crippen molar-refractivity contribution < 1.29 is 9.90 Å². The van der Waals surface area contributed by atoms with Crippen LogP contribution in [0.25, 0.3) is 0 Å². The van der Waals surface area contributed by atoms with Gasteiger partial charge in [-0.25, -0.2) is 4.79 Å². The number of anilines is 1. The van der Waals surface area contributed by atoms with E-state index in [-0.39, 0.29) is 0 Å². The van der Waals surface area contributed by atoms with Gasteiger partial charge < -0.3 is 10.4 Å². The number of benzene rings is 1. The summed E-state index contributed by atoms with van der Waals surface area (Å²) in [5.74, 6) is -0.888. The summed E-state index contributed by atoms with van der Waals surface area (Å²) in [7, 11) is 0. The van der Waals surface area contributed by atoms with Gasteiger partial charge >= 0.3 is 5.97 Å². The Balaban J connectivity index is 3.02. The highest BCUT2D eigenvalue weighted by Crippen LogP contribution is 2.28. The van der Waals surface area contributed by atoms with Crippen LogP contribution in [0.4, 0.5) is 5.69 Å². The molecule has 0 aromatic heterocycles. The van der Waals surface area contributed by atoms with Crippen molar-refractivity contribution >= 4 is 27.6 Å². The van der Waals surface area contributed by atoms with Gasteiger partial charge in [0.2, 0.25) is 0 Å². The third kappa shape index (κ3) is 3.23. The number of carboxylic acid groups (broad SMARTS) is 1. The first kappa shape index (κ1) is 14.5. The molecule has 0 radical (unpaired) electrons. The van der Waals surface area contributed by atoms with Gasteiger partial charge in [0.15, 0.2) is 0 Å². The molecule has 0 aliphatic rings. The van der Waals surface area contributed by atoms with E-state index in [9.17, 15) is 9.90 Å². The molecule has 0 spiro atoms. The molecule has 1 aromatic rings. The van der Waals surface area contributed by atoms with E-state index >= 15 is 0 Å². The summed E-state index contributed by atoms with van der Waals surface area (Å²) in [6.07, 6.45) is 1.29. The van der Waals surface area contributed by atoms with Gasteiger partial charge in [0, 0.05) is 10.2 Å². The summed E-state index contributed by atoms with van der Waals surface area (Å²) >= 11 is 3.33. The van der Waals surface area contributed by atoms with E-state index in [1.54, 1.807) is 25.1 Å². The number of rotatable bonds is 5. The molecule has 0 saturated heterocycles. The largest absolute Gasteiger partial charge is 0.480 e. The van der Waals surface area contributed by atoms with Crippen molar-refractivity contribution in [3.05, 3.63) is 28.2 Å². The first-order valence-corrected chi connectivity index (χ1v) is 6.43. The Kier molecular flexibility index (Phi) is 4.74. The molecule has 18 heavy (non-hydrogen) atoms. The molecule has 0 bridgehead atoms. The Morgan fingerprint density at radius 2 is 2.28 bits per heavy atom. The van der Waals surface area contributed by atoms with Gasteiger partial charge in [0.05, 0.1) is 11.6 Å². The Bertz CT molecular complexity index is 496. The van der Waals surface area contributed by atoms with Crippen molar-refractivity contribution in [2.24, 2.45) is 0 Å². The lowest BCUT2D eigenvalue weighted by molar-refractivity contribution is -0.141. The standard InChI is InChI=1S/C13H15BrN2O2/c1-3-6-13(2,12(17)18)16-11-5-4-9(8-15)7-10(11)14/h4-5,7,16H,3,6H2,1-2H3,(H,17,18). The smallest absolute Gasteiger partial charge is 0.329 e. The summed E-state index contributed by atoms with van der Waals surface area (Å²) < 4.78 is 0.685. The quantitative estimate of drug-likeness (QED) is 0.874. The molecule has 0 aliphatic carbocycles. The third-order valence-electron chi connectivity index (χ3n) is 2.73. The SMILES string of the molecule is CCCC(C)(Nc1ccc(C#N)cc1Br)C(=O)O. The highest BCUT2D eigenvalue weighted by molar-refractivity contribution is 9.10. The van der Waals surface area contributed by atoms with E-state index in [1.807, 2.05) is 13.0 Å². The van der Waals surface area contributed by atoms with Gasteiger partial charge in [-0.05, 0) is 47.5 Å². The number of halogens is 1. The number of nitrogens with zero attached hydrogens (tertiary/aromatic N) is 1. The lowest BCUT2D eigenvalue weighted by atomic mass is 9.96. The number of nitriles is 1. The van der Waals surface area contributed by atoms with Crippen LogP contribution in [0.2, 0.25) is 0 Å².